The van der Waals surface area contributed by atoms with E-state index in [9.17, 15) is 0 Å². The largest absolute Gasteiger partial charge is 0.381 e. The topological polar surface area (TPSA) is 74.5 Å². The van der Waals surface area contributed by atoms with Gasteiger partial charge in [0.05, 0.1) is 0 Å². The number of nitrogens with two attached hydrogens (primary N) is 1. The van der Waals surface area contributed by atoms with E-state index in [1.807, 2.05) is 6.92 Å². The molecule has 0 radical (unpaired) electrons. The normalized spacial score (nSPS) is 10.8. The maximum absolute atomic E-state index is 5.79. The Labute approximate surface area is 91.7 Å². The molecule has 80 valence electrons. The molecule has 0 aliphatic carbocycles. The van der Waals surface area contributed by atoms with Crippen molar-refractivity contribution in [2.24, 2.45) is 0 Å². The number of hydrogen-bond donors (Lipinski definition) is 1. The molecule has 2 heterocycles. The number of nitrogen functional groups attached to an aromatic ring is 1. The van der Waals surface area contributed by atoms with Gasteiger partial charge in [-0.2, -0.15) is 10.2 Å². The first-order chi connectivity index (χ1) is 7.20. The smallest absolute Gasteiger partial charge is 0.164 e. The van der Waals surface area contributed by atoms with Gasteiger partial charge in [0.15, 0.2) is 5.82 Å². The second-order valence-corrected chi connectivity index (χ2v) is 3.46. The first-order valence-electron chi connectivity index (χ1n) is 4.55. The molecule has 0 amide bonds. The van der Waals surface area contributed by atoms with Crippen molar-refractivity contribution in [2.75, 3.05) is 5.73 Å². The molecule has 7 heteroatoms. The first-order valence-corrected chi connectivity index (χ1v) is 4.93. The van der Waals surface area contributed by atoms with Crippen molar-refractivity contribution in [1.29, 1.82) is 0 Å². The summed E-state index contributed by atoms with van der Waals surface area (Å²) in [7, 11) is 0. The van der Waals surface area contributed by atoms with Crippen LogP contribution in [0.1, 0.15) is 12.7 Å². The van der Waals surface area contributed by atoms with Crippen molar-refractivity contribution in [3.05, 3.63) is 23.4 Å². The molecule has 0 bridgehead atoms. The second-order valence-electron chi connectivity index (χ2n) is 3.05. The first kappa shape index (κ1) is 9.97. The summed E-state index contributed by atoms with van der Waals surface area (Å²) in [4.78, 5) is 4.13. The lowest BCUT2D eigenvalue weighted by molar-refractivity contribution is 0.569. The molecule has 0 saturated heterocycles. The SMILES string of the molecule is CCn1ncnc1Cn1cc(Cl)c(N)n1. The summed E-state index contributed by atoms with van der Waals surface area (Å²) < 4.78 is 3.44. The van der Waals surface area contributed by atoms with Gasteiger partial charge in [0.2, 0.25) is 0 Å². The number of anilines is 1. The third-order valence-corrected chi connectivity index (χ3v) is 2.33. The molecule has 0 atom stereocenters. The molecule has 2 rings (SSSR count). The molecular weight excluding hydrogens is 216 g/mol. The van der Waals surface area contributed by atoms with Crippen LogP contribution in [0.5, 0.6) is 0 Å². The van der Waals surface area contributed by atoms with Gasteiger partial charge >= 0.3 is 0 Å². The monoisotopic (exact) mass is 226 g/mol. The van der Waals surface area contributed by atoms with Crippen LogP contribution < -0.4 is 5.73 Å². The standard InChI is InChI=1S/C8H11ClN6/c1-2-15-7(11-5-12-15)4-14-3-6(9)8(10)13-14/h3,5H,2,4H2,1H3,(H2,10,13). The summed E-state index contributed by atoms with van der Waals surface area (Å²) in [5.74, 6) is 1.16. The molecule has 15 heavy (non-hydrogen) atoms. The van der Waals surface area contributed by atoms with Gasteiger partial charge in [0.1, 0.15) is 23.7 Å². The summed E-state index contributed by atoms with van der Waals surface area (Å²) in [5, 5.41) is 8.56. The van der Waals surface area contributed by atoms with Gasteiger partial charge in [-0.25, -0.2) is 9.67 Å². The fraction of sp³-hybridized carbons (Fsp3) is 0.375. The van der Waals surface area contributed by atoms with Crippen molar-refractivity contribution in [1.82, 2.24) is 24.5 Å². The summed E-state index contributed by atoms with van der Waals surface area (Å²) >= 11 is 5.79. The number of aryl methyl sites for hydroxylation is 1. The van der Waals surface area contributed by atoms with E-state index in [0.717, 1.165) is 12.4 Å². The zero-order valence-electron chi connectivity index (χ0n) is 8.26. The maximum Gasteiger partial charge on any atom is 0.164 e. The maximum atomic E-state index is 5.79. The quantitative estimate of drug-likeness (QED) is 0.839. The van der Waals surface area contributed by atoms with Gasteiger partial charge in [-0.3, -0.25) is 4.68 Å². The van der Waals surface area contributed by atoms with Crippen LogP contribution in [0, 0.1) is 0 Å². The van der Waals surface area contributed by atoms with E-state index in [1.54, 1.807) is 15.6 Å². The second kappa shape index (κ2) is 3.90. The molecule has 0 aliphatic rings. The van der Waals surface area contributed by atoms with Crippen LogP contribution in [0.4, 0.5) is 5.82 Å². The third-order valence-electron chi connectivity index (χ3n) is 2.04. The molecule has 2 aromatic heterocycles. The Morgan fingerprint density at radius 1 is 1.53 bits per heavy atom. The lowest BCUT2D eigenvalue weighted by Gasteiger charge is -2.02. The molecule has 0 aromatic carbocycles. The predicted molar refractivity (Wildman–Crippen MR) is 56.4 cm³/mol. The van der Waals surface area contributed by atoms with Crippen molar-refractivity contribution in [3.63, 3.8) is 0 Å². The molecule has 0 spiro atoms. The minimum absolute atomic E-state index is 0.333. The Morgan fingerprint density at radius 2 is 2.33 bits per heavy atom. The van der Waals surface area contributed by atoms with Crippen molar-refractivity contribution in [2.45, 2.75) is 20.0 Å². The van der Waals surface area contributed by atoms with Crippen LogP contribution >= 0.6 is 11.6 Å². The third kappa shape index (κ3) is 1.94. The van der Waals surface area contributed by atoms with E-state index in [2.05, 4.69) is 15.2 Å². The molecule has 0 aliphatic heterocycles. The van der Waals surface area contributed by atoms with Gasteiger partial charge in [-0.05, 0) is 6.92 Å². The Hall–Kier alpha value is -1.56. The van der Waals surface area contributed by atoms with Gasteiger partial charge in [-0.1, -0.05) is 11.6 Å². The minimum atomic E-state index is 0.333. The molecule has 0 saturated carbocycles. The zero-order chi connectivity index (χ0) is 10.8. The van der Waals surface area contributed by atoms with E-state index in [1.165, 1.54) is 6.33 Å². The Morgan fingerprint density at radius 3 is 2.93 bits per heavy atom. The van der Waals surface area contributed by atoms with Gasteiger partial charge < -0.3 is 5.73 Å². The van der Waals surface area contributed by atoms with E-state index in [0.29, 0.717) is 17.4 Å². The number of halogens is 1. The number of nitrogens with zero attached hydrogens (tertiary/aromatic N) is 5. The van der Waals surface area contributed by atoms with Gasteiger partial charge in [0, 0.05) is 12.7 Å². The molecule has 6 nitrogen and oxygen atoms in total. The number of rotatable bonds is 3. The van der Waals surface area contributed by atoms with E-state index < -0.39 is 0 Å². The summed E-state index contributed by atoms with van der Waals surface area (Å²) in [6.07, 6.45) is 3.19. The lowest BCUT2D eigenvalue weighted by atomic mass is 10.5. The average Bonchev–Trinajstić information content (AvgIpc) is 2.75. The minimum Gasteiger partial charge on any atom is -0.381 e. The Balaban J connectivity index is 2.21. The van der Waals surface area contributed by atoms with Crippen LogP contribution in [0.25, 0.3) is 0 Å². The zero-order valence-corrected chi connectivity index (χ0v) is 9.02. The fourth-order valence-electron chi connectivity index (χ4n) is 1.31. The molecular formula is C8H11ClN6. The highest BCUT2D eigenvalue weighted by Crippen LogP contribution is 2.15. The van der Waals surface area contributed by atoms with E-state index in [-0.39, 0.29) is 0 Å². The van der Waals surface area contributed by atoms with Crippen LogP contribution in [0.2, 0.25) is 5.02 Å². The van der Waals surface area contributed by atoms with Gasteiger partial charge in [0.25, 0.3) is 0 Å². The molecule has 0 unspecified atom stereocenters. The van der Waals surface area contributed by atoms with Gasteiger partial charge in [-0.15, -0.1) is 0 Å². The Bertz CT molecular complexity index is 440. The van der Waals surface area contributed by atoms with Crippen molar-refractivity contribution >= 4 is 17.4 Å². The number of aromatic nitrogens is 5. The average molecular weight is 227 g/mol. The fourth-order valence-corrected chi connectivity index (χ4v) is 1.46. The van der Waals surface area contributed by atoms with Crippen LogP contribution in [-0.2, 0) is 13.1 Å². The molecule has 2 N–H and O–H groups in total. The van der Waals surface area contributed by atoms with E-state index in [4.69, 9.17) is 17.3 Å². The lowest BCUT2D eigenvalue weighted by Crippen LogP contribution is -2.09. The molecule has 0 fully saturated rings. The predicted octanol–water partition coefficient (Wildman–Crippen LogP) is 0.778. The van der Waals surface area contributed by atoms with Crippen LogP contribution in [-0.4, -0.2) is 24.5 Å². The molecule has 2 aromatic rings. The summed E-state index contributed by atoms with van der Waals surface area (Å²) in [6.45, 7) is 3.30. The summed E-state index contributed by atoms with van der Waals surface area (Å²) in [5.41, 5.74) is 5.53. The van der Waals surface area contributed by atoms with E-state index >= 15 is 0 Å². The van der Waals surface area contributed by atoms with Crippen molar-refractivity contribution < 1.29 is 0 Å². The van der Waals surface area contributed by atoms with Crippen molar-refractivity contribution in [3.8, 4) is 0 Å². The highest BCUT2D eigenvalue weighted by Gasteiger charge is 2.07. The number of hydrogen-bond acceptors (Lipinski definition) is 4. The van der Waals surface area contributed by atoms with Crippen LogP contribution in [0.3, 0.4) is 0 Å². The highest BCUT2D eigenvalue weighted by atomic mass is 35.5. The highest BCUT2D eigenvalue weighted by molar-refractivity contribution is 6.32. The van der Waals surface area contributed by atoms with Crippen LogP contribution in [0.15, 0.2) is 12.5 Å². The summed E-state index contributed by atoms with van der Waals surface area (Å²) in [6, 6.07) is 0. The Kier molecular flexibility index (Phi) is 2.59.